The zero-order valence-corrected chi connectivity index (χ0v) is 17.1. The number of hydrogen-bond acceptors (Lipinski definition) is 7. The van der Waals surface area contributed by atoms with Gasteiger partial charge in [0.1, 0.15) is 16.9 Å². The quantitative estimate of drug-likeness (QED) is 0.413. The number of imidazole rings is 2. The first-order valence-corrected chi connectivity index (χ1v) is 10.8. The minimum atomic E-state index is -4.81. The molecular weight excluding hydrogens is 474 g/mol. The van der Waals surface area contributed by atoms with Crippen molar-refractivity contribution in [3.8, 4) is 11.5 Å². The summed E-state index contributed by atoms with van der Waals surface area (Å²) in [4.78, 5) is 11.2. The second-order valence-electron chi connectivity index (χ2n) is 6.30. The summed E-state index contributed by atoms with van der Waals surface area (Å²) < 4.78 is 105. The molecule has 0 spiro atoms. The Balaban J connectivity index is 2.02. The monoisotopic (exact) mass is 484 g/mol. The summed E-state index contributed by atoms with van der Waals surface area (Å²) in [5, 5.41) is 1.41. The van der Waals surface area contributed by atoms with E-state index in [1.807, 2.05) is 0 Å². The molecule has 0 aliphatic carbocycles. The average molecular weight is 484 g/mol. The van der Waals surface area contributed by atoms with Gasteiger partial charge in [-0.05, 0) is 12.1 Å². The Morgan fingerprint density at radius 2 is 1.71 bits per heavy atom. The van der Waals surface area contributed by atoms with Crippen LogP contribution in [0.3, 0.4) is 0 Å². The van der Waals surface area contributed by atoms with Crippen molar-refractivity contribution in [1.29, 1.82) is 0 Å². The van der Waals surface area contributed by atoms with Crippen molar-refractivity contribution in [1.82, 2.24) is 29.1 Å². The fourth-order valence-corrected chi connectivity index (χ4v) is 4.76. The molecule has 166 valence electrons. The number of hydrogen-bond donors (Lipinski definition) is 0. The van der Waals surface area contributed by atoms with Crippen molar-refractivity contribution in [3.05, 3.63) is 22.8 Å². The third kappa shape index (κ3) is 3.42. The zero-order chi connectivity index (χ0) is 22.9. The number of sulfone groups is 1. The molecule has 4 aromatic rings. The van der Waals surface area contributed by atoms with Crippen molar-refractivity contribution >= 4 is 37.3 Å². The van der Waals surface area contributed by atoms with E-state index >= 15 is 0 Å². The SMILES string of the molecule is CCS(=O)(=O)c1c(-c2nc3ccc(C(F)(F)F)nc3n2C)nc2sc(C(F)(F)F)nn12. The molecule has 31 heavy (non-hydrogen) atoms. The molecule has 0 radical (unpaired) electrons. The van der Waals surface area contributed by atoms with E-state index in [4.69, 9.17) is 0 Å². The van der Waals surface area contributed by atoms with Crippen molar-refractivity contribution in [2.24, 2.45) is 7.05 Å². The summed E-state index contributed by atoms with van der Waals surface area (Å²) in [6, 6.07) is 1.77. The van der Waals surface area contributed by atoms with Gasteiger partial charge in [-0.25, -0.2) is 23.4 Å². The van der Waals surface area contributed by atoms with Gasteiger partial charge in [0.2, 0.25) is 9.97 Å². The molecule has 4 heterocycles. The molecule has 8 nitrogen and oxygen atoms in total. The first-order valence-electron chi connectivity index (χ1n) is 8.34. The van der Waals surface area contributed by atoms with Gasteiger partial charge in [-0.1, -0.05) is 18.3 Å². The minimum Gasteiger partial charge on any atom is -0.310 e. The van der Waals surface area contributed by atoms with Crippen LogP contribution in [-0.2, 0) is 29.2 Å². The third-order valence-corrected chi connectivity index (χ3v) is 6.97. The Bertz CT molecular complexity index is 1430. The summed E-state index contributed by atoms with van der Waals surface area (Å²) in [6.45, 7) is 1.28. The second-order valence-corrected chi connectivity index (χ2v) is 9.45. The largest absolute Gasteiger partial charge is 0.445 e. The van der Waals surface area contributed by atoms with Crippen LogP contribution in [0, 0.1) is 0 Å². The van der Waals surface area contributed by atoms with Crippen LogP contribution >= 0.6 is 11.3 Å². The molecular formula is C15H10F6N6O2S2. The molecule has 0 saturated heterocycles. The van der Waals surface area contributed by atoms with Crippen LogP contribution in [0.2, 0.25) is 0 Å². The third-order valence-electron chi connectivity index (χ3n) is 4.30. The highest BCUT2D eigenvalue weighted by Gasteiger charge is 2.39. The molecule has 0 bridgehead atoms. The number of alkyl halides is 6. The minimum absolute atomic E-state index is 0.0191. The lowest BCUT2D eigenvalue weighted by Crippen LogP contribution is -2.12. The fourth-order valence-electron chi connectivity index (χ4n) is 2.84. The van der Waals surface area contributed by atoms with E-state index in [0.29, 0.717) is 10.6 Å². The molecule has 0 aliphatic heterocycles. The van der Waals surface area contributed by atoms with E-state index in [1.54, 1.807) is 0 Å². The Morgan fingerprint density at radius 3 is 2.29 bits per heavy atom. The van der Waals surface area contributed by atoms with E-state index < -0.39 is 43.7 Å². The second kappa shape index (κ2) is 6.62. The van der Waals surface area contributed by atoms with E-state index in [1.165, 1.54) is 14.0 Å². The van der Waals surface area contributed by atoms with Gasteiger partial charge in [0.15, 0.2) is 26.3 Å². The topological polar surface area (TPSA) is 95.0 Å². The molecule has 0 unspecified atom stereocenters. The summed E-state index contributed by atoms with van der Waals surface area (Å²) in [5.74, 6) is -0.660. The van der Waals surface area contributed by atoms with E-state index in [-0.39, 0.29) is 39.0 Å². The molecule has 0 atom stereocenters. The normalized spacial score (nSPS) is 13.5. The van der Waals surface area contributed by atoms with Crippen LogP contribution in [0.4, 0.5) is 26.3 Å². The van der Waals surface area contributed by atoms with Gasteiger partial charge >= 0.3 is 12.4 Å². The summed E-state index contributed by atoms with van der Waals surface area (Å²) in [5.41, 5.74) is -1.70. The highest BCUT2D eigenvalue weighted by atomic mass is 32.2. The van der Waals surface area contributed by atoms with Crippen LogP contribution in [0.25, 0.3) is 27.6 Å². The summed E-state index contributed by atoms with van der Waals surface area (Å²) in [6.07, 6.45) is -9.53. The Kier molecular flexibility index (Phi) is 4.59. The maximum atomic E-state index is 13.0. The molecule has 0 amide bonds. The van der Waals surface area contributed by atoms with E-state index in [0.717, 1.165) is 10.6 Å². The van der Waals surface area contributed by atoms with Crippen molar-refractivity contribution in [2.75, 3.05) is 5.75 Å². The molecule has 0 N–H and O–H groups in total. The van der Waals surface area contributed by atoms with Crippen LogP contribution in [0.1, 0.15) is 17.6 Å². The standard InChI is InChI=1S/C15H10F6N6O2S2/c1-3-31(28,29)11-8(24-13-27(11)25-12(30-13)15(19,20)21)10-22-6-4-5-7(14(16,17)18)23-9(6)26(10)2/h4-5H,3H2,1-2H3. The van der Waals surface area contributed by atoms with Gasteiger partial charge in [-0.15, -0.1) is 5.10 Å². The number of nitrogens with zero attached hydrogens (tertiary/aromatic N) is 6. The lowest BCUT2D eigenvalue weighted by Gasteiger charge is -2.06. The van der Waals surface area contributed by atoms with Gasteiger partial charge in [-0.2, -0.15) is 30.9 Å². The van der Waals surface area contributed by atoms with Crippen molar-refractivity contribution in [2.45, 2.75) is 24.3 Å². The first kappa shape index (κ1) is 21.5. The molecule has 0 saturated carbocycles. The van der Waals surface area contributed by atoms with Crippen LogP contribution < -0.4 is 0 Å². The smallest absolute Gasteiger partial charge is 0.310 e. The lowest BCUT2D eigenvalue weighted by molar-refractivity contribution is -0.141. The average Bonchev–Trinajstić information content (AvgIpc) is 3.30. The predicted octanol–water partition coefficient (Wildman–Crippen LogP) is 3.57. The van der Waals surface area contributed by atoms with Crippen LogP contribution in [0.15, 0.2) is 17.2 Å². The van der Waals surface area contributed by atoms with Gasteiger partial charge in [0.05, 0.1) is 5.75 Å². The summed E-state index contributed by atoms with van der Waals surface area (Å²) in [7, 11) is -2.86. The molecule has 16 heteroatoms. The highest BCUT2D eigenvalue weighted by molar-refractivity contribution is 7.91. The maximum absolute atomic E-state index is 13.0. The van der Waals surface area contributed by atoms with Crippen LogP contribution in [-0.4, -0.2) is 43.3 Å². The van der Waals surface area contributed by atoms with Crippen molar-refractivity contribution in [3.63, 3.8) is 0 Å². The number of pyridine rings is 1. The van der Waals surface area contributed by atoms with Gasteiger partial charge < -0.3 is 4.57 Å². The van der Waals surface area contributed by atoms with Crippen molar-refractivity contribution < 1.29 is 34.8 Å². The molecule has 0 fully saturated rings. The molecule has 0 aromatic carbocycles. The predicted molar refractivity (Wildman–Crippen MR) is 96.1 cm³/mol. The first-order chi connectivity index (χ1) is 14.2. The summed E-state index contributed by atoms with van der Waals surface area (Å²) >= 11 is 0.129. The Hall–Kier alpha value is -2.75. The van der Waals surface area contributed by atoms with E-state index in [2.05, 4.69) is 20.1 Å². The van der Waals surface area contributed by atoms with Gasteiger partial charge in [0, 0.05) is 7.05 Å². The maximum Gasteiger partial charge on any atom is 0.445 e. The zero-order valence-electron chi connectivity index (χ0n) is 15.4. The number of aromatic nitrogens is 6. The Morgan fingerprint density at radius 1 is 1.03 bits per heavy atom. The molecule has 0 aliphatic rings. The number of halogens is 6. The fraction of sp³-hybridized carbons (Fsp3) is 0.333. The molecule has 4 rings (SSSR count). The number of fused-ring (bicyclic) bond motifs is 2. The van der Waals surface area contributed by atoms with Gasteiger partial charge in [-0.3, -0.25) is 0 Å². The Labute approximate surface area is 173 Å². The van der Waals surface area contributed by atoms with Gasteiger partial charge in [0.25, 0.3) is 0 Å². The van der Waals surface area contributed by atoms with E-state index in [9.17, 15) is 34.8 Å². The van der Waals surface area contributed by atoms with Crippen LogP contribution in [0.5, 0.6) is 0 Å². The molecule has 4 aromatic heterocycles. The number of aryl methyl sites for hydroxylation is 1. The lowest BCUT2D eigenvalue weighted by atomic mass is 10.3. The number of rotatable bonds is 3. The highest BCUT2D eigenvalue weighted by Crippen LogP contribution is 2.37.